The second kappa shape index (κ2) is 7.58. The van der Waals surface area contributed by atoms with E-state index in [0.717, 1.165) is 22.3 Å². The highest BCUT2D eigenvalue weighted by Crippen LogP contribution is 2.44. The first-order valence-corrected chi connectivity index (χ1v) is 8.55. The van der Waals surface area contributed by atoms with Gasteiger partial charge in [0.1, 0.15) is 6.61 Å². The SMILES string of the molecule is CC[C@@H](O)[C@H](NC(=O)OCC1c2ccccc2-c2ccccc21)C(=O)O. The highest BCUT2D eigenvalue weighted by Gasteiger charge is 2.31. The van der Waals surface area contributed by atoms with Crippen LogP contribution < -0.4 is 5.32 Å². The zero-order chi connectivity index (χ0) is 18.7. The highest BCUT2D eigenvalue weighted by molar-refractivity contribution is 5.81. The van der Waals surface area contributed by atoms with Crippen molar-refractivity contribution in [1.29, 1.82) is 0 Å². The number of rotatable bonds is 6. The number of aliphatic hydroxyl groups is 1. The Morgan fingerprint density at radius 1 is 1.08 bits per heavy atom. The summed E-state index contributed by atoms with van der Waals surface area (Å²) in [5.74, 6) is -1.40. The van der Waals surface area contributed by atoms with Gasteiger partial charge in [-0.25, -0.2) is 9.59 Å². The molecule has 0 radical (unpaired) electrons. The predicted molar refractivity (Wildman–Crippen MR) is 95.9 cm³/mol. The number of carbonyl (C=O) groups excluding carboxylic acids is 1. The summed E-state index contributed by atoms with van der Waals surface area (Å²) >= 11 is 0. The van der Waals surface area contributed by atoms with Gasteiger partial charge < -0.3 is 20.3 Å². The van der Waals surface area contributed by atoms with E-state index in [1.165, 1.54) is 0 Å². The average Bonchev–Trinajstić information content (AvgIpc) is 2.97. The van der Waals surface area contributed by atoms with Gasteiger partial charge in [-0.3, -0.25) is 0 Å². The number of hydrogen-bond acceptors (Lipinski definition) is 4. The van der Waals surface area contributed by atoms with Gasteiger partial charge in [-0.2, -0.15) is 0 Å². The van der Waals surface area contributed by atoms with Crippen molar-refractivity contribution in [2.24, 2.45) is 0 Å². The van der Waals surface area contributed by atoms with Crippen LogP contribution in [0.3, 0.4) is 0 Å². The molecule has 1 aliphatic rings. The molecule has 0 saturated carbocycles. The number of alkyl carbamates (subject to hydrolysis) is 1. The number of carboxylic acid groups (broad SMARTS) is 1. The van der Waals surface area contributed by atoms with Crippen LogP contribution in [-0.4, -0.2) is 41.0 Å². The molecule has 2 atom stereocenters. The largest absolute Gasteiger partial charge is 0.480 e. The summed E-state index contributed by atoms with van der Waals surface area (Å²) in [4.78, 5) is 23.2. The van der Waals surface area contributed by atoms with Crippen LogP contribution in [0.4, 0.5) is 4.79 Å². The van der Waals surface area contributed by atoms with E-state index in [2.05, 4.69) is 5.32 Å². The first-order valence-electron chi connectivity index (χ1n) is 8.55. The topological polar surface area (TPSA) is 95.9 Å². The van der Waals surface area contributed by atoms with Crippen molar-refractivity contribution >= 4 is 12.1 Å². The fourth-order valence-electron chi connectivity index (χ4n) is 3.33. The molecule has 0 saturated heterocycles. The Labute approximate surface area is 151 Å². The van der Waals surface area contributed by atoms with Crippen LogP contribution in [0, 0.1) is 0 Å². The van der Waals surface area contributed by atoms with Crippen molar-refractivity contribution in [1.82, 2.24) is 5.32 Å². The number of ether oxygens (including phenoxy) is 1. The molecule has 0 aliphatic heterocycles. The Bertz CT molecular complexity index is 774. The summed E-state index contributed by atoms with van der Waals surface area (Å²) < 4.78 is 5.29. The van der Waals surface area contributed by atoms with Crippen LogP contribution >= 0.6 is 0 Å². The van der Waals surface area contributed by atoms with Crippen LogP contribution in [0.1, 0.15) is 30.4 Å². The Balaban J connectivity index is 1.72. The smallest absolute Gasteiger partial charge is 0.407 e. The maximum Gasteiger partial charge on any atom is 0.407 e. The minimum Gasteiger partial charge on any atom is -0.480 e. The van der Waals surface area contributed by atoms with E-state index >= 15 is 0 Å². The van der Waals surface area contributed by atoms with Crippen molar-refractivity contribution in [3.8, 4) is 11.1 Å². The molecule has 26 heavy (non-hydrogen) atoms. The third-order valence-corrected chi connectivity index (χ3v) is 4.69. The fraction of sp³-hybridized carbons (Fsp3) is 0.300. The second-order valence-corrected chi connectivity index (χ2v) is 6.26. The predicted octanol–water partition coefficient (Wildman–Crippen LogP) is 2.75. The van der Waals surface area contributed by atoms with E-state index in [-0.39, 0.29) is 18.9 Å². The van der Waals surface area contributed by atoms with Gasteiger partial charge in [0.2, 0.25) is 0 Å². The lowest BCUT2D eigenvalue weighted by atomic mass is 9.98. The Morgan fingerprint density at radius 2 is 1.62 bits per heavy atom. The standard InChI is InChI=1S/C20H21NO5/c1-2-17(22)18(19(23)24)21-20(25)26-11-16-14-9-5-3-7-12(14)13-8-4-6-10-15(13)16/h3-10,16-18,22H,2,11H2,1H3,(H,21,25)(H,23,24)/t17-,18+/m1/s1. The molecule has 1 aliphatic carbocycles. The molecular weight excluding hydrogens is 334 g/mol. The van der Waals surface area contributed by atoms with Gasteiger partial charge in [0.05, 0.1) is 6.10 Å². The lowest BCUT2D eigenvalue weighted by molar-refractivity contribution is -0.142. The number of carbonyl (C=O) groups is 2. The quantitative estimate of drug-likeness (QED) is 0.740. The van der Waals surface area contributed by atoms with Crippen LogP contribution in [0.5, 0.6) is 0 Å². The summed E-state index contributed by atoms with van der Waals surface area (Å²) in [6, 6.07) is 14.5. The van der Waals surface area contributed by atoms with Gasteiger partial charge in [-0.15, -0.1) is 0 Å². The van der Waals surface area contributed by atoms with Crippen molar-refractivity contribution in [2.45, 2.75) is 31.4 Å². The number of hydrogen-bond donors (Lipinski definition) is 3. The lowest BCUT2D eigenvalue weighted by Gasteiger charge is -2.20. The maximum absolute atomic E-state index is 12.1. The molecule has 3 N–H and O–H groups in total. The Morgan fingerprint density at radius 3 is 2.12 bits per heavy atom. The van der Waals surface area contributed by atoms with Gasteiger partial charge in [-0.05, 0) is 28.7 Å². The number of nitrogens with one attached hydrogen (secondary N) is 1. The zero-order valence-corrected chi connectivity index (χ0v) is 14.4. The molecule has 0 spiro atoms. The average molecular weight is 355 g/mol. The molecule has 0 aromatic heterocycles. The number of amides is 1. The summed E-state index contributed by atoms with van der Waals surface area (Å²) in [6.45, 7) is 1.73. The summed E-state index contributed by atoms with van der Waals surface area (Å²) in [7, 11) is 0. The molecule has 0 heterocycles. The van der Waals surface area contributed by atoms with Crippen molar-refractivity contribution < 1.29 is 24.5 Å². The molecule has 6 nitrogen and oxygen atoms in total. The van der Waals surface area contributed by atoms with Gasteiger partial charge >= 0.3 is 12.1 Å². The number of carboxylic acids is 1. The zero-order valence-electron chi connectivity index (χ0n) is 14.4. The van der Waals surface area contributed by atoms with Crippen LogP contribution in [-0.2, 0) is 9.53 Å². The molecule has 3 rings (SSSR count). The van der Waals surface area contributed by atoms with E-state index in [0.29, 0.717) is 0 Å². The highest BCUT2D eigenvalue weighted by atomic mass is 16.5. The molecule has 0 unspecified atom stereocenters. The number of aliphatic hydroxyl groups excluding tert-OH is 1. The Kier molecular flexibility index (Phi) is 5.23. The van der Waals surface area contributed by atoms with Gasteiger partial charge in [-0.1, -0.05) is 55.5 Å². The number of fused-ring (bicyclic) bond motifs is 3. The number of aliphatic carboxylic acids is 1. The van der Waals surface area contributed by atoms with E-state index in [4.69, 9.17) is 9.84 Å². The van der Waals surface area contributed by atoms with Gasteiger partial charge in [0.15, 0.2) is 6.04 Å². The Hall–Kier alpha value is -2.86. The molecule has 6 heteroatoms. The van der Waals surface area contributed by atoms with E-state index in [9.17, 15) is 14.7 Å². The van der Waals surface area contributed by atoms with E-state index < -0.39 is 24.2 Å². The monoisotopic (exact) mass is 355 g/mol. The normalized spacial score (nSPS) is 14.8. The van der Waals surface area contributed by atoms with E-state index in [1.807, 2.05) is 48.5 Å². The molecular formula is C20H21NO5. The molecule has 2 aromatic rings. The van der Waals surface area contributed by atoms with Crippen molar-refractivity contribution in [2.75, 3.05) is 6.61 Å². The fourth-order valence-corrected chi connectivity index (χ4v) is 3.33. The summed E-state index contributed by atoms with van der Waals surface area (Å²) in [5, 5.41) is 21.1. The number of benzene rings is 2. The van der Waals surface area contributed by atoms with Crippen LogP contribution in [0.2, 0.25) is 0 Å². The molecule has 2 aromatic carbocycles. The maximum atomic E-state index is 12.1. The van der Waals surface area contributed by atoms with E-state index in [1.54, 1.807) is 6.92 Å². The van der Waals surface area contributed by atoms with Gasteiger partial charge in [0, 0.05) is 5.92 Å². The molecule has 0 bridgehead atoms. The second-order valence-electron chi connectivity index (χ2n) is 6.26. The lowest BCUT2D eigenvalue weighted by Crippen LogP contribution is -2.48. The third kappa shape index (κ3) is 3.41. The van der Waals surface area contributed by atoms with Gasteiger partial charge in [0.25, 0.3) is 0 Å². The van der Waals surface area contributed by atoms with Crippen molar-refractivity contribution in [3.63, 3.8) is 0 Å². The van der Waals surface area contributed by atoms with Crippen LogP contribution in [0.15, 0.2) is 48.5 Å². The molecule has 0 fully saturated rings. The first kappa shape index (κ1) is 17.9. The molecule has 1 amide bonds. The van der Waals surface area contributed by atoms with Crippen LogP contribution in [0.25, 0.3) is 11.1 Å². The molecule has 136 valence electrons. The third-order valence-electron chi connectivity index (χ3n) is 4.69. The first-order chi connectivity index (χ1) is 12.5. The summed E-state index contributed by atoms with van der Waals surface area (Å²) in [6.07, 6.45) is -1.82. The minimum absolute atomic E-state index is 0.0917. The minimum atomic E-state index is -1.39. The van der Waals surface area contributed by atoms with Crippen molar-refractivity contribution in [3.05, 3.63) is 59.7 Å². The summed E-state index contributed by atoms with van der Waals surface area (Å²) in [5.41, 5.74) is 4.37.